The highest BCUT2D eigenvalue weighted by molar-refractivity contribution is 5.97. The van der Waals surface area contributed by atoms with Crippen molar-refractivity contribution in [3.8, 4) is 0 Å². The van der Waals surface area contributed by atoms with Crippen molar-refractivity contribution >= 4 is 11.7 Å². The molecule has 0 unspecified atom stereocenters. The summed E-state index contributed by atoms with van der Waals surface area (Å²) in [5, 5.41) is 2.96. The Labute approximate surface area is 142 Å². The lowest BCUT2D eigenvalue weighted by Gasteiger charge is -2.20. The number of likely N-dealkylation sites (tertiary alicyclic amines) is 1. The van der Waals surface area contributed by atoms with Crippen molar-refractivity contribution < 1.29 is 18.7 Å². The fraction of sp³-hybridized carbons (Fsp3) is 0.556. The van der Waals surface area contributed by atoms with Gasteiger partial charge in [-0.2, -0.15) is 0 Å². The van der Waals surface area contributed by atoms with Gasteiger partial charge in [0.2, 0.25) is 5.91 Å². The van der Waals surface area contributed by atoms with Crippen molar-refractivity contribution in [1.29, 1.82) is 0 Å². The molecule has 1 N–H and O–H groups in total. The summed E-state index contributed by atoms with van der Waals surface area (Å²) >= 11 is 0. The molecule has 1 amide bonds. The van der Waals surface area contributed by atoms with Crippen LogP contribution >= 0.6 is 0 Å². The molecule has 1 fully saturated rings. The summed E-state index contributed by atoms with van der Waals surface area (Å²) in [7, 11) is 1.64. The first-order valence-electron chi connectivity index (χ1n) is 8.25. The number of carbonyl (C=O) groups excluding carboxylic acids is 2. The van der Waals surface area contributed by atoms with Crippen molar-refractivity contribution in [1.82, 2.24) is 10.2 Å². The van der Waals surface area contributed by atoms with Crippen LogP contribution in [0.25, 0.3) is 0 Å². The first kappa shape index (κ1) is 18.5. The van der Waals surface area contributed by atoms with Crippen LogP contribution < -0.4 is 5.32 Å². The average molecular weight is 336 g/mol. The summed E-state index contributed by atoms with van der Waals surface area (Å²) < 4.78 is 18.3. The number of halogens is 1. The number of hydrogen-bond donors (Lipinski definition) is 1. The predicted molar refractivity (Wildman–Crippen MR) is 89.4 cm³/mol. The molecule has 1 aliphatic heterocycles. The monoisotopic (exact) mass is 336 g/mol. The van der Waals surface area contributed by atoms with Crippen LogP contribution in [0.4, 0.5) is 4.39 Å². The third kappa shape index (κ3) is 4.85. The second-order valence-electron chi connectivity index (χ2n) is 6.43. The van der Waals surface area contributed by atoms with E-state index in [1.165, 1.54) is 24.3 Å². The Morgan fingerprint density at radius 3 is 2.50 bits per heavy atom. The molecule has 0 saturated carbocycles. The Morgan fingerprint density at radius 1 is 1.25 bits per heavy atom. The number of Topliss-reactive ketones (excluding diaryl/α,β-unsaturated/α-hetero) is 1. The molecule has 1 heterocycles. The molecule has 2 rings (SSSR count). The minimum absolute atomic E-state index is 0.0378. The fourth-order valence-corrected chi connectivity index (χ4v) is 2.89. The quantitative estimate of drug-likeness (QED) is 0.774. The Bertz CT molecular complexity index is 574. The third-order valence-corrected chi connectivity index (χ3v) is 4.42. The molecule has 132 valence electrons. The number of nitrogens with one attached hydrogen (secondary N) is 1. The second kappa shape index (κ2) is 8.35. The number of rotatable bonds is 7. The standard InChI is InChI=1S/C18H25FN2O3/c1-12(2)21-10-15(17(11-21)24-3)20-18(23)9-8-16(22)13-4-6-14(19)7-5-13/h4-7,12,15,17H,8-11H2,1-3H3,(H,20,23)/t15-,17-/m1/s1. The van der Waals surface area contributed by atoms with Gasteiger partial charge in [0.1, 0.15) is 5.82 Å². The van der Waals surface area contributed by atoms with E-state index in [-0.39, 0.29) is 42.5 Å². The van der Waals surface area contributed by atoms with Crippen LogP contribution in [0.15, 0.2) is 24.3 Å². The van der Waals surface area contributed by atoms with Crippen molar-refractivity contribution in [2.45, 2.75) is 44.9 Å². The first-order chi connectivity index (χ1) is 11.4. The van der Waals surface area contributed by atoms with Crippen molar-refractivity contribution in [2.75, 3.05) is 20.2 Å². The van der Waals surface area contributed by atoms with Gasteiger partial charge < -0.3 is 10.1 Å². The number of benzene rings is 1. The van der Waals surface area contributed by atoms with Crippen LogP contribution in [0.2, 0.25) is 0 Å². The van der Waals surface area contributed by atoms with Crippen molar-refractivity contribution in [2.24, 2.45) is 0 Å². The van der Waals surface area contributed by atoms with E-state index >= 15 is 0 Å². The molecule has 0 bridgehead atoms. The third-order valence-electron chi connectivity index (χ3n) is 4.42. The van der Waals surface area contributed by atoms with Gasteiger partial charge in [-0.05, 0) is 38.1 Å². The van der Waals surface area contributed by atoms with Gasteiger partial charge in [-0.15, -0.1) is 0 Å². The van der Waals surface area contributed by atoms with Gasteiger partial charge in [0.25, 0.3) is 0 Å². The minimum Gasteiger partial charge on any atom is -0.378 e. The maximum atomic E-state index is 12.9. The molecule has 0 aliphatic carbocycles. The molecule has 0 radical (unpaired) electrons. The summed E-state index contributed by atoms with van der Waals surface area (Å²) in [5.41, 5.74) is 0.422. The van der Waals surface area contributed by atoms with Crippen LogP contribution in [-0.4, -0.2) is 55.0 Å². The van der Waals surface area contributed by atoms with E-state index in [9.17, 15) is 14.0 Å². The lowest BCUT2D eigenvalue weighted by Crippen LogP contribution is -2.43. The topological polar surface area (TPSA) is 58.6 Å². The number of methoxy groups -OCH3 is 1. The smallest absolute Gasteiger partial charge is 0.220 e. The number of ether oxygens (including phenoxy) is 1. The average Bonchev–Trinajstić information content (AvgIpc) is 2.96. The Balaban J connectivity index is 1.82. The van der Waals surface area contributed by atoms with Crippen LogP contribution in [0, 0.1) is 5.82 Å². The molecule has 2 atom stereocenters. The Kier molecular flexibility index (Phi) is 6.45. The van der Waals surface area contributed by atoms with Gasteiger partial charge in [-0.25, -0.2) is 4.39 Å². The van der Waals surface area contributed by atoms with Crippen LogP contribution in [0.5, 0.6) is 0 Å². The highest BCUT2D eigenvalue weighted by Gasteiger charge is 2.34. The van der Waals surface area contributed by atoms with Crippen molar-refractivity contribution in [3.05, 3.63) is 35.6 Å². The maximum absolute atomic E-state index is 12.9. The molecular formula is C18H25FN2O3. The highest BCUT2D eigenvalue weighted by Crippen LogP contribution is 2.16. The molecule has 5 nitrogen and oxygen atoms in total. The fourth-order valence-electron chi connectivity index (χ4n) is 2.89. The SMILES string of the molecule is CO[C@@H]1CN(C(C)C)C[C@H]1NC(=O)CCC(=O)c1ccc(F)cc1. The molecule has 1 aliphatic rings. The zero-order valence-electron chi connectivity index (χ0n) is 14.4. The van der Waals surface area contributed by atoms with Gasteiger partial charge >= 0.3 is 0 Å². The molecule has 24 heavy (non-hydrogen) atoms. The van der Waals surface area contributed by atoms with E-state index in [0.29, 0.717) is 11.6 Å². The molecule has 0 aromatic heterocycles. The van der Waals surface area contributed by atoms with Crippen molar-refractivity contribution in [3.63, 3.8) is 0 Å². The van der Waals surface area contributed by atoms with Crippen LogP contribution in [0.3, 0.4) is 0 Å². The van der Waals surface area contributed by atoms with Crippen LogP contribution in [-0.2, 0) is 9.53 Å². The molecule has 0 spiro atoms. The van der Waals surface area contributed by atoms with Gasteiger partial charge in [0.15, 0.2) is 5.78 Å². The van der Waals surface area contributed by atoms with E-state index in [2.05, 4.69) is 24.1 Å². The zero-order valence-corrected chi connectivity index (χ0v) is 14.4. The second-order valence-corrected chi connectivity index (χ2v) is 6.43. The molecule has 1 aromatic rings. The predicted octanol–water partition coefficient (Wildman–Crippen LogP) is 2.01. The van der Waals surface area contributed by atoms with E-state index < -0.39 is 0 Å². The maximum Gasteiger partial charge on any atom is 0.220 e. The summed E-state index contributed by atoms with van der Waals surface area (Å²) in [6.07, 6.45) is 0.185. The first-order valence-corrected chi connectivity index (χ1v) is 8.25. The lowest BCUT2D eigenvalue weighted by atomic mass is 10.1. The summed E-state index contributed by atoms with van der Waals surface area (Å²) in [4.78, 5) is 26.4. The van der Waals surface area contributed by atoms with E-state index in [1.807, 2.05) is 0 Å². The summed E-state index contributed by atoms with van der Waals surface area (Å²) in [6, 6.07) is 5.70. The number of ketones is 1. The number of carbonyl (C=O) groups is 2. The number of nitrogens with zero attached hydrogens (tertiary/aromatic N) is 1. The van der Waals surface area contributed by atoms with Gasteiger partial charge in [0.05, 0.1) is 12.1 Å². The van der Waals surface area contributed by atoms with Gasteiger partial charge in [-0.1, -0.05) is 0 Å². The van der Waals surface area contributed by atoms with Gasteiger partial charge in [-0.3, -0.25) is 14.5 Å². The van der Waals surface area contributed by atoms with E-state index in [1.54, 1.807) is 7.11 Å². The van der Waals surface area contributed by atoms with E-state index in [4.69, 9.17) is 4.74 Å². The molecule has 1 saturated heterocycles. The van der Waals surface area contributed by atoms with E-state index in [0.717, 1.165) is 13.1 Å². The number of amides is 1. The minimum atomic E-state index is -0.383. The summed E-state index contributed by atoms with van der Waals surface area (Å²) in [6.45, 7) is 5.75. The highest BCUT2D eigenvalue weighted by atomic mass is 19.1. The zero-order chi connectivity index (χ0) is 17.7. The lowest BCUT2D eigenvalue weighted by molar-refractivity contribution is -0.122. The normalized spacial score (nSPS) is 21.2. The summed E-state index contributed by atoms with van der Waals surface area (Å²) in [5.74, 6) is -0.711. The van der Waals surface area contributed by atoms with Crippen LogP contribution in [0.1, 0.15) is 37.0 Å². The Hall–Kier alpha value is -1.79. The largest absolute Gasteiger partial charge is 0.378 e. The Morgan fingerprint density at radius 2 is 1.92 bits per heavy atom. The number of hydrogen-bond acceptors (Lipinski definition) is 4. The molecule has 6 heteroatoms. The molecule has 1 aromatic carbocycles. The molecular weight excluding hydrogens is 311 g/mol. The van der Waals surface area contributed by atoms with Gasteiger partial charge in [0, 0.05) is 44.6 Å².